The summed E-state index contributed by atoms with van der Waals surface area (Å²) in [5, 5.41) is 12.1. The normalized spacial score (nSPS) is 24.8. The minimum Gasteiger partial charge on any atom is -0.481 e. The molecule has 2 aliphatic heterocycles. The van der Waals surface area contributed by atoms with Crippen molar-refractivity contribution < 1.29 is 28.6 Å². The number of carboxylic acid groups (broad SMARTS) is 1. The van der Waals surface area contributed by atoms with Gasteiger partial charge < -0.3 is 20.1 Å². The van der Waals surface area contributed by atoms with Crippen molar-refractivity contribution in [2.75, 3.05) is 32.8 Å². The molecule has 0 aromatic heterocycles. The molecule has 1 aromatic rings. The zero-order chi connectivity index (χ0) is 18.7. The van der Waals surface area contributed by atoms with Crippen LogP contribution >= 0.6 is 0 Å². The molecule has 0 unspecified atom stereocenters. The average Bonchev–Trinajstić information content (AvgIpc) is 3.01. The number of ether oxygens (including phenoxy) is 1. The number of amides is 2. The summed E-state index contributed by atoms with van der Waals surface area (Å²) in [6.07, 6.45) is 0.350. The zero-order valence-electron chi connectivity index (χ0n) is 14.2. The maximum absolute atomic E-state index is 13.1. The average molecular weight is 364 g/mol. The van der Waals surface area contributed by atoms with Crippen molar-refractivity contribution in [2.24, 2.45) is 11.3 Å². The van der Waals surface area contributed by atoms with E-state index in [9.17, 15) is 23.9 Å². The van der Waals surface area contributed by atoms with Crippen LogP contribution in [0.4, 0.5) is 4.39 Å². The first kappa shape index (κ1) is 18.3. The molecule has 140 valence electrons. The second kappa shape index (κ2) is 7.41. The van der Waals surface area contributed by atoms with Crippen molar-refractivity contribution in [1.82, 2.24) is 10.2 Å². The van der Waals surface area contributed by atoms with Crippen molar-refractivity contribution in [2.45, 2.75) is 12.8 Å². The van der Waals surface area contributed by atoms with Gasteiger partial charge in [-0.05, 0) is 24.1 Å². The molecule has 0 saturated carbocycles. The van der Waals surface area contributed by atoms with Crippen LogP contribution in [-0.4, -0.2) is 60.6 Å². The first-order chi connectivity index (χ1) is 12.4. The van der Waals surface area contributed by atoms with Crippen LogP contribution in [0.5, 0.6) is 0 Å². The van der Waals surface area contributed by atoms with Crippen LogP contribution in [0.25, 0.3) is 0 Å². The summed E-state index contributed by atoms with van der Waals surface area (Å²) in [5.74, 6) is -2.28. The number of aliphatic carboxylic acids is 1. The van der Waals surface area contributed by atoms with Crippen LogP contribution in [0, 0.1) is 17.2 Å². The van der Waals surface area contributed by atoms with Crippen LogP contribution < -0.4 is 5.32 Å². The van der Waals surface area contributed by atoms with Gasteiger partial charge in [-0.25, -0.2) is 4.39 Å². The maximum Gasteiger partial charge on any atom is 0.311 e. The van der Waals surface area contributed by atoms with E-state index in [4.69, 9.17) is 4.74 Å². The Morgan fingerprint density at radius 3 is 2.88 bits per heavy atom. The van der Waals surface area contributed by atoms with Crippen LogP contribution in [0.15, 0.2) is 24.3 Å². The second-order valence-corrected chi connectivity index (χ2v) is 6.84. The van der Waals surface area contributed by atoms with Gasteiger partial charge in [0.05, 0.1) is 25.0 Å². The van der Waals surface area contributed by atoms with E-state index in [2.05, 4.69) is 5.32 Å². The summed E-state index contributed by atoms with van der Waals surface area (Å²) in [6, 6.07) is 5.71. The molecule has 2 saturated heterocycles. The van der Waals surface area contributed by atoms with Crippen LogP contribution in [0.1, 0.15) is 12.0 Å². The van der Waals surface area contributed by atoms with Gasteiger partial charge in [-0.2, -0.15) is 0 Å². The highest BCUT2D eigenvalue weighted by atomic mass is 19.1. The molecule has 8 heteroatoms. The van der Waals surface area contributed by atoms with E-state index in [1.54, 1.807) is 6.07 Å². The standard InChI is InChI=1S/C18H21FN2O5/c19-14-3-1-2-12(6-14)7-15(22)20-8-16(23)21-9-13-10-26-5-4-18(13,11-21)17(24)25/h1-3,6,13H,4-5,7-11H2,(H,20,22)(H,24,25)/t13-,18+/m0/s1. The number of nitrogens with zero attached hydrogens (tertiary/aromatic N) is 1. The van der Waals surface area contributed by atoms with Gasteiger partial charge in [0, 0.05) is 25.6 Å². The number of carboxylic acids is 1. The third-order valence-electron chi connectivity index (χ3n) is 5.18. The van der Waals surface area contributed by atoms with Gasteiger partial charge in [-0.1, -0.05) is 12.1 Å². The highest BCUT2D eigenvalue weighted by Gasteiger charge is 2.54. The number of fused-ring (bicyclic) bond motifs is 1. The molecule has 0 bridgehead atoms. The third kappa shape index (κ3) is 3.70. The molecule has 0 radical (unpaired) electrons. The molecular formula is C18H21FN2O5. The summed E-state index contributed by atoms with van der Waals surface area (Å²) >= 11 is 0. The van der Waals surface area contributed by atoms with E-state index in [-0.39, 0.29) is 31.3 Å². The highest BCUT2D eigenvalue weighted by molar-refractivity contribution is 5.87. The Balaban J connectivity index is 1.54. The molecule has 0 aliphatic carbocycles. The van der Waals surface area contributed by atoms with Crippen molar-refractivity contribution in [3.05, 3.63) is 35.6 Å². The highest BCUT2D eigenvalue weighted by Crippen LogP contribution is 2.42. The first-order valence-corrected chi connectivity index (χ1v) is 8.51. The molecule has 0 spiro atoms. The quantitative estimate of drug-likeness (QED) is 0.790. The minimum absolute atomic E-state index is 0.0272. The molecule has 2 aliphatic rings. The van der Waals surface area contributed by atoms with Gasteiger partial charge in [-0.15, -0.1) is 0 Å². The van der Waals surface area contributed by atoms with Crippen molar-refractivity contribution in [3.63, 3.8) is 0 Å². The van der Waals surface area contributed by atoms with E-state index >= 15 is 0 Å². The van der Waals surface area contributed by atoms with Gasteiger partial charge in [0.2, 0.25) is 11.8 Å². The Bertz CT molecular complexity index is 725. The largest absolute Gasteiger partial charge is 0.481 e. The van der Waals surface area contributed by atoms with E-state index in [0.29, 0.717) is 31.7 Å². The minimum atomic E-state index is -0.959. The number of hydrogen-bond acceptors (Lipinski definition) is 4. The SMILES string of the molecule is O=C(Cc1cccc(F)c1)NCC(=O)N1C[C@H]2COCC[C@@]2(C(=O)O)C1. The lowest BCUT2D eigenvalue weighted by atomic mass is 9.74. The Hall–Kier alpha value is -2.48. The Kier molecular flexibility index (Phi) is 5.22. The summed E-state index contributed by atoms with van der Waals surface area (Å²) in [7, 11) is 0. The molecule has 2 amide bonds. The van der Waals surface area contributed by atoms with Gasteiger partial charge in [0.1, 0.15) is 5.82 Å². The lowest BCUT2D eigenvalue weighted by molar-refractivity contribution is -0.157. The number of benzene rings is 1. The second-order valence-electron chi connectivity index (χ2n) is 6.84. The topological polar surface area (TPSA) is 95.9 Å². The molecule has 2 N–H and O–H groups in total. The first-order valence-electron chi connectivity index (χ1n) is 8.51. The third-order valence-corrected chi connectivity index (χ3v) is 5.18. The van der Waals surface area contributed by atoms with Crippen molar-refractivity contribution in [1.29, 1.82) is 0 Å². The number of carbonyl (C=O) groups is 3. The molecule has 26 heavy (non-hydrogen) atoms. The molecule has 7 nitrogen and oxygen atoms in total. The van der Waals surface area contributed by atoms with E-state index in [0.717, 1.165) is 0 Å². The van der Waals surface area contributed by atoms with Crippen molar-refractivity contribution in [3.8, 4) is 0 Å². The van der Waals surface area contributed by atoms with Gasteiger partial charge in [0.15, 0.2) is 0 Å². The monoisotopic (exact) mass is 364 g/mol. The van der Waals surface area contributed by atoms with Crippen molar-refractivity contribution >= 4 is 17.8 Å². The molecule has 2 heterocycles. The van der Waals surface area contributed by atoms with Gasteiger partial charge >= 0.3 is 5.97 Å². The van der Waals surface area contributed by atoms with E-state index < -0.39 is 23.1 Å². The van der Waals surface area contributed by atoms with Gasteiger partial charge in [0.25, 0.3) is 0 Å². The number of nitrogens with one attached hydrogen (secondary N) is 1. The number of rotatable bonds is 5. The van der Waals surface area contributed by atoms with E-state index in [1.165, 1.54) is 23.1 Å². The summed E-state index contributed by atoms with van der Waals surface area (Å²) < 4.78 is 18.5. The lowest BCUT2D eigenvalue weighted by Crippen LogP contribution is -2.45. The fourth-order valence-corrected chi connectivity index (χ4v) is 3.67. The fourth-order valence-electron chi connectivity index (χ4n) is 3.67. The Morgan fingerprint density at radius 2 is 2.19 bits per heavy atom. The predicted octanol–water partition coefficient (Wildman–Crippen LogP) is 0.434. The van der Waals surface area contributed by atoms with Crippen LogP contribution in [0.3, 0.4) is 0 Å². The Morgan fingerprint density at radius 1 is 1.38 bits per heavy atom. The van der Waals surface area contributed by atoms with Gasteiger partial charge in [-0.3, -0.25) is 14.4 Å². The van der Waals surface area contributed by atoms with E-state index in [1.807, 2.05) is 0 Å². The Labute approximate surface area is 150 Å². The smallest absolute Gasteiger partial charge is 0.311 e. The van der Waals surface area contributed by atoms with Crippen LogP contribution in [-0.2, 0) is 25.5 Å². The van der Waals surface area contributed by atoms with Crippen LogP contribution in [0.2, 0.25) is 0 Å². The zero-order valence-corrected chi connectivity index (χ0v) is 14.2. The molecule has 3 rings (SSSR count). The molecule has 1 aromatic carbocycles. The summed E-state index contributed by atoms with van der Waals surface area (Å²) in [6.45, 7) is 0.925. The lowest BCUT2D eigenvalue weighted by Gasteiger charge is -2.33. The number of hydrogen-bond donors (Lipinski definition) is 2. The molecule has 2 fully saturated rings. The number of carbonyl (C=O) groups excluding carboxylic acids is 2. The fraction of sp³-hybridized carbons (Fsp3) is 0.500. The molecule has 2 atom stereocenters. The maximum atomic E-state index is 13.1. The summed E-state index contributed by atoms with van der Waals surface area (Å²) in [4.78, 5) is 37.5. The number of halogens is 1. The predicted molar refractivity (Wildman–Crippen MR) is 88.7 cm³/mol. The summed E-state index contributed by atoms with van der Waals surface area (Å²) in [5.41, 5.74) is -0.441. The number of likely N-dealkylation sites (tertiary alicyclic amines) is 1. The molecular weight excluding hydrogens is 343 g/mol.